The summed E-state index contributed by atoms with van der Waals surface area (Å²) in [6, 6.07) is -2.59. The summed E-state index contributed by atoms with van der Waals surface area (Å²) in [5, 5.41) is 2.30. The molecule has 1 amide bonds. The van der Waals surface area contributed by atoms with Crippen molar-refractivity contribution < 1.29 is 31.1 Å². The van der Waals surface area contributed by atoms with E-state index in [1.165, 1.54) is 12.3 Å². The zero-order valence-corrected chi connectivity index (χ0v) is 18.9. The average molecular weight is 480 g/mol. The Hall–Kier alpha value is -1.88. The van der Waals surface area contributed by atoms with E-state index in [9.17, 15) is 31.1 Å². The Labute approximate surface area is 189 Å². The highest BCUT2D eigenvalue weighted by Crippen LogP contribution is 2.53. The molecule has 1 fully saturated rings. The lowest BCUT2D eigenvalue weighted by Gasteiger charge is -2.58. The summed E-state index contributed by atoms with van der Waals surface area (Å²) in [5.41, 5.74) is 2.70. The molecule has 186 valence electrons. The Balaban J connectivity index is 1.82. The van der Waals surface area contributed by atoms with Gasteiger partial charge < -0.3 is 11.1 Å². The molecule has 3 aliphatic rings. The number of alkyl halides is 6. The predicted molar refractivity (Wildman–Crippen MR) is 112 cm³/mol. The molecule has 5 nitrogen and oxygen atoms in total. The van der Waals surface area contributed by atoms with Crippen molar-refractivity contribution in [3.63, 3.8) is 0 Å². The minimum atomic E-state index is -4.83. The number of nitrogens with two attached hydrogens (primary N) is 1. The van der Waals surface area contributed by atoms with Gasteiger partial charge in [0.2, 0.25) is 5.91 Å². The number of halogens is 6. The third-order valence-electron chi connectivity index (χ3n) is 7.46. The van der Waals surface area contributed by atoms with Crippen LogP contribution >= 0.6 is 0 Å². The van der Waals surface area contributed by atoms with E-state index in [1.807, 2.05) is 13.8 Å². The van der Waals surface area contributed by atoms with Gasteiger partial charge in [0.05, 0.1) is 11.3 Å². The smallest absolute Gasteiger partial charge is 0.354 e. The lowest BCUT2D eigenvalue weighted by atomic mass is 9.58. The van der Waals surface area contributed by atoms with Crippen molar-refractivity contribution in [2.45, 2.75) is 64.0 Å². The largest absolute Gasteiger partial charge is 0.417 e. The van der Waals surface area contributed by atoms with Crippen molar-refractivity contribution in [1.82, 2.24) is 10.2 Å². The molecule has 2 aliphatic heterocycles. The molecule has 3 rings (SSSR count). The number of hydrogen-bond acceptors (Lipinski definition) is 4. The first-order chi connectivity index (χ1) is 15.1. The van der Waals surface area contributed by atoms with Gasteiger partial charge in [-0.1, -0.05) is 26.0 Å². The fourth-order valence-electron chi connectivity index (χ4n) is 5.38. The number of nitrogens with one attached hydrogen (secondary N) is 1. The molecule has 0 saturated carbocycles. The maximum Gasteiger partial charge on any atom is 0.417 e. The number of rotatable bonds is 4. The summed E-state index contributed by atoms with van der Waals surface area (Å²) in [6.45, 7) is 6.80. The Bertz CT molecular complexity index is 864. The highest BCUT2D eigenvalue weighted by Gasteiger charge is 2.58. The number of carbonyl (C=O) groups is 1. The molecular weight excluding hydrogens is 450 g/mol. The molecule has 5 atom stereocenters. The second-order valence-electron chi connectivity index (χ2n) is 9.87. The van der Waals surface area contributed by atoms with Crippen molar-refractivity contribution >= 4 is 11.6 Å². The first kappa shape index (κ1) is 25.7. The van der Waals surface area contributed by atoms with Gasteiger partial charge in [-0.2, -0.15) is 26.3 Å². The summed E-state index contributed by atoms with van der Waals surface area (Å²) in [5.74, 6) is -1.30. The van der Waals surface area contributed by atoms with Crippen LogP contribution in [0.25, 0.3) is 0 Å². The molecule has 3 unspecified atom stereocenters. The molecule has 2 heterocycles. The van der Waals surface area contributed by atoms with Crippen molar-refractivity contribution in [2.75, 3.05) is 19.6 Å². The van der Waals surface area contributed by atoms with Gasteiger partial charge in [-0.25, -0.2) is 0 Å². The summed E-state index contributed by atoms with van der Waals surface area (Å²) in [6.07, 6.45) is -3.72. The van der Waals surface area contributed by atoms with Crippen LogP contribution in [0.15, 0.2) is 28.9 Å². The Morgan fingerprint density at radius 2 is 1.91 bits per heavy atom. The van der Waals surface area contributed by atoms with E-state index in [1.54, 1.807) is 13.0 Å². The van der Waals surface area contributed by atoms with E-state index in [4.69, 9.17) is 5.73 Å². The fraction of sp³-hybridized carbons (Fsp3) is 0.727. The van der Waals surface area contributed by atoms with Crippen LogP contribution < -0.4 is 11.1 Å². The van der Waals surface area contributed by atoms with Crippen LogP contribution in [0.2, 0.25) is 0 Å². The summed E-state index contributed by atoms with van der Waals surface area (Å²) >= 11 is 0. The minimum absolute atomic E-state index is 0.0146. The summed E-state index contributed by atoms with van der Waals surface area (Å²) in [7, 11) is 0. The van der Waals surface area contributed by atoms with Gasteiger partial charge in [0, 0.05) is 36.8 Å². The third-order valence-corrected chi connectivity index (χ3v) is 7.46. The third kappa shape index (κ3) is 4.84. The van der Waals surface area contributed by atoms with Crippen LogP contribution in [-0.2, 0) is 4.79 Å². The van der Waals surface area contributed by atoms with Crippen LogP contribution in [0.4, 0.5) is 26.3 Å². The Morgan fingerprint density at radius 3 is 2.52 bits per heavy atom. The number of amides is 1. The van der Waals surface area contributed by atoms with Crippen LogP contribution in [0.3, 0.4) is 0 Å². The molecule has 0 aromatic heterocycles. The SMILES string of the molecule is C[C@H]1C[C@@H](CNC(=O)C(N)C(F)(F)F)CN(C2(C)CC=C(C(F)(F)F)C3=NC=CCC32C)C1. The highest BCUT2D eigenvalue weighted by atomic mass is 19.4. The Kier molecular flexibility index (Phi) is 6.80. The molecular formula is C22H30F6N4O. The first-order valence-electron chi connectivity index (χ1n) is 11.0. The van der Waals surface area contributed by atoms with Gasteiger partial charge in [0.15, 0.2) is 6.04 Å². The number of nitrogens with zero attached hydrogens (tertiary/aromatic N) is 2. The molecule has 33 heavy (non-hydrogen) atoms. The van der Waals surface area contributed by atoms with E-state index >= 15 is 0 Å². The molecule has 1 aliphatic carbocycles. The predicted octanol–water partition coefficient (Wildman–Crippen LogP) is 3.97. The van der Waals surface area contributed by atoms with Gasteiger partial charge in [-0.05, 0) is 38.0 Å². The molecule has 3 N–H and O–H groups in total. The lowest BCUT2D eigenvalue weighted by molar-refractivity contribution is -0.163. The molecule has 11 heteroatoms. The zero-order chi connectivity index (χ0) is 24.8. The number of piperidine rings is 1. The molecule has 0 bridgehead atoms. The maximum atomic E-state index is 13.7. The molecule has 0 radical (unpaired) electrons. The minimum Gasteiger partial charge on any atom is -0.354 e. The lowest BCUT2D eigenvalue weighted by Crippen LogP contribution is -2.65. The van der Waals surface area contributed by atoms with E-state index in [-0.39, 0.29) is 30.5 Å². The van der Waals surface area contributed by atoms with Crippen LogP contribution in [0, 0.1) is 17.3 Å². The quantitative estimate of drug-likeness (QED) is 0.599. The normalized spacial score (nSPS) is 34.2. The van der Waals surface area contributed by atoms with E-state index in [0.29, 0.717) is 25.9 Å². The number of carbonyl (C=O) groups excluding carboxylic acids is 1. The number of hydrogen-bond donors (Lipinski definition) is 2. The van der Waals surface area contributed by atoms with Crippen LogP contribution in [0.5, 0.6) is 0 Å². The number of allylic oxidation sites excluding steroid dienone is 2. The molecule has 0 aromatic rings. The fourth-order valence-corrected chi connectivity index (χ4v) is 5.38. The van der Waals surface area contributed by atoms with Gasteiger partial charge in [-0.3, -0.25) is 14.7 Å². The second kappa shape index (κ2) is 8.72. The van der Waals surface area contributed by atoms with Crippen molar-refractivity contribution in [2.24, 2.45) is 28.0 Å². The van der Waals surface area contributed by atoms with Crippen LogP contribution in [0.1, 0.15) is 40.0 Å². The number of fused-ring (bicyclic) bond motifs is 1. The topological polar surface area (TPSA) is 70.7 Å². The molecule has 0 aromatic carbocycles. The van der Waals surface area contributed by atoms with Gasteiger partial charge in [-0.15, -0.1) is 0 Å². The van der Waals surface area contributed by atoms with Crippen molar-refractivity contribution in [1.29, 1.82) is 0 Å². The Morgan fingerprint density at radius 1 is 1.24 bits per heavy atom. The molecule has 1 saturated heterocycles. The van der Waals surface area contributed by atoms with Crippen molar-refractivity contribution in [3.05, 3.63) is 23.9 Å². The molecule has 0 spiro atoms. The standard InChI is InChI=1S/C22H30F6N4O/c1-13-9-14(10-31-18(33)16(29)22(26,27)28)12-32(11-13)20(3)7-5-15(21(23,24)25)17-19(20,2)6-4-8-30-17/h4-5,8,13-14,16H,6-7,9-12,29H2,1-3H3,(H,31,33)/t13-,14-,16?,19?,20?/m0/s1. The highest BCUT2D eigenvalue weighted by molar-refractivity contribution is 6.08. The monoisotopic (exact) mass is 480 g/mol. The van der Waals surface area contributed by atoms with E-state index in [2.05, 4.69) is 15.2 Å². The average Bonchev–Trinajstić information content (AvgIpc) is 2.70. The second-order valence-corrected chi connectivity index (χ2v) is 9.87. The van der Waals surface area contributed by atoms with Gasteiger partial charge in [0.25, 0.3) is 0 Å². The summed E-state index contributed by atoms with van der Waals surface area (Å²) in [4.78, 5) is 18.1. The van der Waals surface area contributed by atoms with E-state index in [0.717, 1.165) is 0 Å². The summed E-state index contributed by atoms with van der Waals surface area (Å²) < 4.78 is 79.2. The van der Waals surface area contributed by atoms with Crippen molar-refractivity contribution in [3.8, 4) is 0 Å². The maximum absolute atomic E-state index is 13.7. The van der Waals surface area contributed by atoms with Crippen LogP contribution in [-0.4, -0.2) is 60.1 Å². The van der Waals surface area contributed by atoms with Gasteiger partial charge in [0.1, 0.15) is 0 Å². The first-order valence-corrected chi connectivity index (χ1v) is 11.0. The van der Waals surface area contributed by atoms with Gasteiger partial charge >= 0.3 is 12.4 Å². The number of likely N-dealkylation sites (tertiary alicyclic amines) is 1. The zero-order valence-electron chi connectivity index (χ0n) is 18.9. The van der Waals surface area contributed by atoms with E-state index < -0.39 is 40.8 Å². The number of aliphatic imine (C=N–C) groups is 1.